The van der Waals surface area contributed by atoms with Crippen LogP contribution in [-0.4, -0.2) is 44.4 Å². The predicted molar refractivity (Wildman–Crippen MR) is 70.5 cm³/mol. The fourth-order valence-corrected chi connectivity index (χ4v) is 2.63. The van der Waals surface area contributed by atoms with Gasteiger partial charge in [0.2, 0.25) is 10.0 Å². The summed E-state index contributed by atoms with van der Waals surface area (Å²) in [7, 11) is -3.01. The van der Waals surface area contributed by atoms with E-state index in [9.17, 15) is 18.0 Å². The lowest BCUT2D eigenvalue weighted by atomic mass is 10.1. The molecule has 0 radical (unpaired) electrons. The molecular formula is C12H15NO6S. The number of methoxy groups -OCH3 is 1. The summed E-state index contributed by atoms with van der Waals surface area (Å²) >= 11 is 0. The molecule has 0 aliphatic heterocycles. The first-order valence-corrected chi connectivity index (χ1v) is 7.33. The van der Waals surface area contributed by atoms with Crippen molar-refractivity contribution >= 4 is 22.0 Å². The Hall–Kier alpha value is -1.93. The van der Waals surface area contributed by atoms with E-state index in [1.54, 1.807) is 30.3 Å². The molecule has 1 atom stereocenters. The Balaban J connectivity index is 2.78. The van der Waals surface area contributed by atoms with Gasteiger partial charge in [0, 0.05) is 0 Å². The van der Waals surface area contributed by atoms with E-state index in [1.807, 2.05) is 4.72 Å². The van der Waals surface area contributed by atoms with Gasteiger partial charge in [-0.2, -0.15) is 0 Å². The molecule has 0 fully saturated rings. The van der Waals surface area contributed by atoms with Gasteiger partial charge in [-0.05, 0) is 12.0 Å². The molecule has 0 aromatic heterocycles. The van der Waals surface area contributed by atoms with Gasteiger partial charge in [0.05, 0.1) is 7.11 Å². The van der Waals surface area contributed by atoms with Gasteiger partial charge >= 0.3 is 11.9 Å². The maximum Gasteiger partial charge on any atom is 0.322 e. The molecule has 1 unspecified atom stereocenters. The van der Waals surface area contributed by atoms with Crippen molar-refractivity contribution in [1.29, 1.82) is 0 Å². The second-order valence-electron chi connectivity index (χ2n) is 4.03. The SMILES string of the molecule is COC(=O)CS(=O)(=O)NC(Cc1ccccc1)C(=O)O. The highest BCUT2D eigenvalue weighted by Gasteiger charge is 2.26. The van der Waals surface area contributed by atoms with Crippen LogP contribution < -0.4 is 4.72 Å². The summed E-state index contributed by atoms with van der Waals surface area (Å²) in [5, 5.41) is 9.05. The van der Waals surface area contributed by atoms with E-state index in [-0.39, 0.29) is 6.42 Å². The number of sulfonamides is 1. The highest BCUT2D eigenvalue weighted by molar-refractivity contribution is 7.90. The lowest BCUT2D eigenvalue weighted by molar-refractivity contribution is -0.139. The van der Waals surface area contributed by atoms with E-state index >= 15 is 0 Å². The molecule has 0 aliphatic rings. The number of benzene rings is 1. The third-order valence-electron chi connectivity index (χ3n) is 2.44. The highest BCUT2D eigenvalue weighted by Crippen LogP contribution is 2.05. The van der Waals surface area contributed by atoms with Gasteiger partial charge in [0.25, 0.3) is 0 Å². The zero-order chi connectivity index (χ0) is 15.2. The molecule has 0 bridgehead atoms. The Kier molecular flexibility index (Phi) is 5.66. The Morgan fingerprint density at radius 3 is 2.40 bits per heavy atom. The van der Waals surface area contributed by atoms with Crippen molar-refractivity contribution in [3.8, 4) is 0 Å². The van der Waals surface area contributed by atoms with Crippen LogP contribution in [0.25, 0.3) is 0 Å². The van der Waals surface area contributed by atoms with Crippen LogP contribution in [0, 0.1) is 0 Å². The van der Waals surface area contributed by atoms with Crippen molar-refractivity contribution in [2.24, 2.45) is 0 Å². The van der Waals surface area contributed by atoms with Gasteiger partial charge in [-0.3, -0.25) is 9.59 Å². The molecule has 0 heterocycles. The topological polar surface area (TPSA) is 110 Å². The second-order valence-corrected chi connectivity index (χ2v) is 5.79. The number of ether oxygens (including phenoxy) is 1. The molecule has 1 aromatic carbocycles. The quantitative estimate of drug-likeness (QED) is 0.673. The molecule has 0 saturated heterocycles. The smallest absolute Gasteiger partial charge is 0.322 e. The first kappa shape index (κ1) is 16.1. The van der Waals surface area contributed by atoms with E-state index in [4.69, 9.17) is 5.11 Å². The third-order valence-corrected chi connectivity index (χ3v) is 3.70. The summed E-state index contributed by atoms with van der Waals surface area (Å²) in [5.74, 6) is -3.19. The zero-order valence-electron chi connectivity index (χ0n) is 10.8. The van der Waals surface area contributed by atoms with Crippen LogP contribution >= 0.6 is 0 Å². The standard InChI is InChI=1S/C12H15NO6S/c1-19-11(14)8-20(17,18)13-10(12(15)16)7-9-5-3-2-4-6-9/h2-6,10,13H,7-8H2,1H3,(H,15,16). The largest absolute Gasteiger partial charge is 0.480 e. The van der Waals surface area contributed by atoms with Gasteiger partial charge in [-0.15, -0.1) is 0 Å². The number of aliphatic carboxylic acids is 1. The van der Waals surface area contributed by atoms with E-state index in [0.717, 1.165) is 7.11 Å². The van der Waals surface area contributed by atoms with Crippen molar-refractivity contribution in [3.63, 3.8) is 0 Å². The summed E-state index contributed by atoms with van der Waals surface area (Å²) in [4.78, 5) is 22.0. The molecule has 8 heteroatoms. The number of carbonyl (C=O) groups excluding carboxylic acids is 1. The normalized spacial score (nSPS) is 12.7. The number of rotatable bonds is 7. The van der Waals surface area contributed by atoms with Gasteiger partial charge in [-0.1, -0.05) is 30.3 Å². The molecule has 20 heavy (non-hydrogen) atoms. The number of hydrogen-bond acceptors (Lipinski definition) is 5. The predicted octanol–water partition coefficient (Wildman–Crippen LogP) is -0.225. The molecule has 0 amide bonds. The van der Waals surface area contributed by atoms with Gasteiger partial charge in [0.15, 0.2) is 5.75 Å². The number of hydrogen-bond donors (Lipinski definition) is 2. The van der Waals surface area contributed by atoms with E-state index in [2.05, 4.69) is 4.74 Å². The number of esters is 1. The summed E-state index contributed by atoms with van der Waals surface area (Å²) in [6.07, 6.45) is -0.0173. The van der Waals surface area contributed by atoms with Crippen LogP contribution in [0.5, 0.6) is 0 Å². The number of nitrogens with one attached hydrogen (secondary N) is 1. The van der Waals surface area contributed by atoms with Crippen LogP contribution in [-0.2, 0) is 30.8 Å². The number of carbonyl (C=O) groups is 2. The Labute approximate surface area is 116 Å². The molecule has 0 spiro atoms. The maximum atomic E-state index is 11.6. The first-order valence-electron chi connectivity index (χ1n) is 5.67. The minimum atomic E-state index is -4.06. The zero-order valence-corrected chi connectivity index (χ0v) is 11.6. The molecule has 110 valence electrons. The van der Waals surface area contributed by atoms with Gasteiger partial charge in [0.1, 0.15) is 6.04 Å². The van der Waals surface area contributed by atoms with E-state index < -0.39 is 33.8 Å². The Morgan fingerprint density at radius 1 is 1.30 bits per heavy atom. The molecular weight excluding hydrogens is 286 g/mol. The van der Waals surface area contributed by atoms with Crippen LogP contribution in [0.3, 0.4) is 0 Å². The Bertz CT molecular complexity index is 569. The fraction of sp³-hybridized carbons (Fsp3) is 0.333. The van der Waals surface area contributed by atoms with Crippen LogP contribution in [0.1, 0.15) is 5.56 Å². The Morgan fingerprint density at radius 2 is 1.90 bits per heavy atom. The van der Waals surface area contributed by atoms with Crippen molar-refractivity contribution in [3.05, 3.63) is 35.9 Å². The highest BCUT2D eigenvalue weighted by atomic mass is 32.2. The molecule has 7 nitrogen and oxygen atoms in total. The van der Waals surface area contributed by atoms with Gasteiger partial charge < -0.3 is 9.84 Å². The number of carboxylic acids is 1. The summed E-state index contributed by atoms with van der Waals surface area (Å²) in [5.41, 5.74) is 0.667. The van der Waals surface area contributed by atoms with Crippen LogP contribution in [0.15, 0.2) is 30.3 Å². The summed E-state index contributed by atoms with van der Waals surface area (Å²) < 4.78 is 29.5. The molecule has 0 aliphatic carbocycles. The lowest BCUT2D eigenvalue weighted by Gasteiger charge is -2.14. The molecule has 2 N–H and O–H groups in total. The van der Waals surface area contributed by atoms with Crippen LogP contribution in [0.2, 0.25) is 0 Å². The van der Waals surface area contributed by atoms with Crippen molar-refractivity contribution in [1.82, 2.24) is 4.72 Å². The fourth-order valence-electron chi connectivity index (χ4n) is 1.50. The van der Waals surface area contributed by atoms with E-state index in [0.29, 0.717) is 5.56 Å². The average Bonchev–Trinajstić information content (AvgIpc) is 2.38. The molecule has 0 saturated carbocycles. The van der Waals surface area contributed by atoms with Crippen LogP contribution in [0.4, 0.5) is 0 Å². The summed E-state index contributed by atoms with van der Waals surface area (Å²) in [6.45, 7) is 0. The third kappa shape index (κ3) is 5.37. The maximum absolute atomic E-state index is 11.6. The molecule has 1 aromatic rings. The van der Waals surface area contributed by atoms with Crippen molar-refractivity contribution in [2.45, 2.75) is 12.5 Å². The lowest BCUT2D eigenvalue weighted by Crippen LogP contribution is -2.44. The minimum absolute atomic E-state index is 0.0173. The minimum Gasteiger partial charge on any atom is -0.480 e. The first-order chi connectivity index (χ1) is 9.34. The van der Waals surface area contributed by atoms with Crippen molar-refractivity contribution < 1.29 is 27.9 Å². The van der Waals surface area contributed by atoms with Gasteiger partial charge in [-0.25, -0.2) is 13.1 Å². The molecule has 1 rings (SSSR count). The second kappa shape index (κ2) is 7.01. The monoisotopic (exact) mass is 301 g/mol. The average molecular weight is 301 g/mol. The number of carboxylic acid groups (broad SMARTS) is 1. The summed E-state index contributed by atoms with van der Waals surface area (Å²) in [6, 6.07) is 7.23. The van der Waals surface area contributed by atoms with Crippen molar-refractivity contribution in [2.75, 3.05) is 12.9 Å². The van der Waals surface area contributed by atoms with E-state index in [1.165, 1.54) is 0 Å².